The second kappa shape index (κ2) is 15.2. The topological polar surface area (TPSA) is 98.3 Å². The standard InChI is InChI=1S/C37H44N6O5/c1-40(36(44)29-22-33(45-2)35(47-4)34(23-29)46-3)25-28(27-10-7-15-38-24-27)14-18-41-16-9-17-42(20-19-41)37-39-31-12-5-6-13-32(31)43(37)26-30-11-8-21-48-30/h5-8,10-13,15,21-24,28H,9,14,16-20,25-26H2,1-4H3. The Hall–Kier alpha value is -5.03. The first-order chi connectivity index (χ1) is 23.5. The molecule has 0 N–H and O–H groups in total. The number of para-hydroxylation sites is 2. The molecule has 3 aromatic heterocycles. The number of nitrogens with zero attached hydrogens (tertiary/aromatic N) is 6. The van der Waals surface area contributed by atoms with E-state index in [0.717, 1.165) is 73.9 Å². The van der Waals surface area contributed by atoms with Crippen LogP contribution in [-0.2, 0) is 6.54 Å². The Morgan fingerprint density at radius 3 is 2.48 bits per heavy atom. The fourth-order valence-corrected chi connectivity index (χ4v) is 6.57. The predicted octanol–water partition coefficient (Wildman–Crippen LogP) is 5.56. The molecular weight excluding hydrogens is 608 g/mol. The van der Waals surface area contributed by atoms with Crippen molar-refractivity contribution in [2.24, 2.45) is 0 Å². The molecule has 1 aliphatic heterocycles. The van der Waals surface area contributed by atoms with Gasteiger partial charge < -0.3 is 37.9 Å². The molecule has 0 saturated carbocycles. The molecule has 0 spiro atoms. The Labute approximate surface area is 281 Å². The maximum Gasteiger partial charge on any atom is 0.253 e. The third-order valence-electron chi connectivity index (χ3n) is 9.10. The molecule has 4 heterocycles. The highest BCUT2D eigenvalue weighted by Gasteiger charge is 2.25. The Morgan fingerprint density at radius 1 is 0.958 bits per heavy atom. The number of fused-ring (bicyclic) bond motifs is 1. The molecule has 6 rings (SSSR count). The number of anilines is 1. The zero-order valence-electron chi connectivity index (χ0n) is 28.2. The van der Waals surface area contributed by atoms with Crippen molar-refractivity contribution in [1.29, 1.82) is 0 Å². The summed E-state index contributed by atoms with van der Waals surface area (Å²) in [5, 5.41) is 0. The van der Waals surface area contributed by atoms with Crippen LogP contribution < -0.4 is 19.1 Å². The van der Waals surface area contributed by atoms with Crippen LogP contribution in [0.25, 0.3) is 11.0 Å². The van der Waals surface area contributed by atoms with Gasteiger partial charge in [-0.15, -0.1) is 0 Å². The summed E-state index contributed by atoms with van der Waals surface area (Å²) in [6.45, 7) is 5.80. The van der Waals surface area contributed by atoms with E-state index in [2.05, 4.69) is 43.6 Å². The highest BCUT2D eigenvalue weighted by Crippen LogP contribution is 2.38. The third-order valence-corrected chi connectivity index (χ3v) is 9.10. The Bertz CT molecular complexity index is 1770. The van der Waals surface area contributed by atoms with Gasteiger partial charge in [0.2, 0.25) is 11.7 Å². The lowest BCUT2D eigenvalue weighted by Crippen LogP contribution is -2.35. The fourth-order valence-electron chi connectivity index (χ4n) is 6.57. The van der Waals surface area contributed by atoms with Gasteiger partial charge in [0.1, 0.15) is 5.76 Å². The van der Waals surface area contributed by atoms with Crippen LogP contribution in [-0.4, -0.2) is 97.9 Å². The lowest BCUT2D eigenvalue weighted by Gasteiger charge is -2.28. The Kier molecular flexibility index (Phi) is 10.4. The molecule has 2 aromatic carbocycles. The van der Waals surface area contributed by atoms with E-state index in [4.69, 9.17) is 23.6 Å². The molecule has 1 unspecified atom stereocenters. The fraction of sp³-hybridized carbons (Fsp3) is 0.378. The predicted molar refractivity (Wildman–Crippen MR) is 185 cm³/mol. The molecule has 1 atom stereocenters. The average Bonchev–Trinajstić information content (AvgIpc) is 3.71. The molecule has 48 heavy (non-hydrogen) atoms. The lowest BCUT2D eigenvalue weighted by atomic mass is 9.96. The number of carbonyl (C=O) groups is 1. The van der Waals surface area contributed by atoms with Gasteiger partial charge in [-0.2, -0.15) is 0 Å². The van der Waals surface area contributed by atoms with Gasteiger partial charge in [0.25, 0.3) is 5.91 Å². The van der Waals surface area contributed by atoms with Crippen LogP contribution in [0.5, 0.6) is 17.2 Å². The van der Waals surface area contributed by atoms with Crippen LogP contribution in [0.4, 0.5) is 5.95 Å². The minimum atomic E-state index is -0.119. The molecule has 252 valence electrons. The average molecular weight is 653 g/mol. The second-order valence-corrected chi connectivity index (χ2v) is 12.1. The first kappa shape index (κ1) is 32.9. The molecule has 0 radical (unpaired) electrons. The minimum Gasteiger partial charge on any atom is -0.493 e. The molecule has 11 heteroatoms. The van der Waals surface area contributed by atoms with E-state index in [1.165, 1.54) is 0 Å². The van der Waals surface area contributed by atoms with Gasteiger partial charge in [0.05, 0.1) is 45.2 Å². The van der Waals surface area contributed by atoms with Crippen LogP contribution in [0.1, 0.15) is 40.4 Å². The van der Waals surface area contributed by atoms with Crippen LogP contribution >= 0.6 is 0 Å². The summed E-state index contributed by atoms with van der Waals surface area (Å²) in [4.78, 5) is 29.9. The number of pyridine rings is 1. The van der Waals surface area contributed by atoms with Gasteiger partial charge >= 0.3 is 0 Å². The van der Waals surface area contributed by atoms with Crippen molar-refractivity contribution in [3.63, 3.8) is 0 Å². The summed E-state index contributed by atoms with van der Waals surface area (Å²) in [5.41, 5.74) is 3.69. The molecule has 1 fully saturated rings. The molecule has 0 aliphatic carbocycles. The van der Waals surface area contributed by atoms with Gasteiger partial charge in [-0.05, 0) is 74.0 Å². The van der Waals surface area contributed by atoms with E-state index in [-0.39, 0.29) is 11.8 Å². The number of methoxy groups -OCH3 is 3. The highest BCUT2D eigenvalue weighted by atomic mass is 16.5. The van der Waals surface area contributed by atoms with E-state index in [0.29, 0.717) is 35.9 Å². The van der Waals surface area contributed by atoms with Crippen molar-refractivity contribution >= 4 is 22.9 Å². The summed E-state index contributed by atoms with van der Waals surface area (Å²) in [7, 11) is 6.49. The molecule has 0 bridgehead atoms. The summed E-state index contributed by atoms with van der Waals surface area (Å²) in [5.74, 6) is 3.23. The molecule has 5 aromatic rings. The molecule has 11 nitrogen and oxygen atoms in total. The van der Waals surface area contributed by atoms with Gasteiger partial charge in [-0.1, -0.05) is 18.2 Å². The number of amides is 1. The van der Waals surface area contributed by atoms with Crippen LogP contribution in [0.2, 0.25) is 0 Å². The number of likely N-dealkylation sites (N-methyl/N-ethyl adjacent to an activating group) is 1. The summed E-state index contributed by atoms with van der Waals surface area (Å²) in [6.07, 6.45) is 7.33. The van der Waals surface area contributed by atoms with E-state index < -0.39 is 0 Å². The van der Waals surface area contributed by atoms with Gasteiger partial charge in [-0.3, -0.25) is 9.78 Å². The lowest BCUT2D eigenvalue weighted by molar-refractivity contribution is 0.0782. The molecule has 1 saturated heterocycles. The molecular formula is C37H44N6O5. The van der Waals surface area contributed by atoms with Crippen molar-refractivity contribution in [2.45, 2.75) is 25.3 Å². The number of imidazole rings is 1. The summed E-state index contributed by atoms with van der Waals surface area (Å²) in [6, 6.07) is 19.7. The largest absolute Gasteiger partial charge is 0.493 e. The monoisotopic (exact) mass is 652 g/mol. The number of furan rings is 1. The maximum atomic E-state index is 13.7. The summed E-state index contributed by atoms with van der Waals surface area (Å²) < 4.78 is 24.4. The number of hydrogen-bond donors (Lipinski definition) is 0. The van der Waals surface area contributed by atoms with Crippen LogP contribution in [0, 0.1) is 0 Å². The van der Waals surface area contributed by atoms with Crippen LogP contribution in [0.3, 0.4) is 0 Å². The van der Waals surface area contributed by atoms with Crippen LogP contribution in [0.15, 0.2) is 83.7 Å². The summed E-state index contributed by atoms with van der Waals surface area (Å²) >= 11 is 0. The Morgan fingerprint density at radius 2 is 1.77 bits per heavy atom. The maximum absolute atomic E-state index is 13.7. The minimum absolute atomic E-state index is 0.103. The number of carbonyl (C=O) groups excluding carboxylic acids is 1. The van der Waals surface area contributed by atoms with Gasteiger partial charge in [0, 0.05) is 57.1 Å². The van der Waals surface area contributed by atoms with Gasteiger partial charge in [-0.25, -0.2) is 4.98 Å². The van der Waals surface area contributed by atoms with Crippen molar-refractivity contribution < 1.29 is 23.4 Å². The number of rotatable bonds is 13. The normalized spacial score (nSPS) is 14.5. The van der Waals surface area contributed by atoms with Crippen molar-refractivity contribution in [3.05, 3.63) is 96.2 Å². The van der Waals surface area contributed by atoms with Crippen molar-refractivity contribution in [2.75, 3.05) is 72.5 Å². The number of aromatic nitrogens is 3. The highest BCUT2D eigenvalue weighted by molar-refractivity contribution is 5.95. The van der Waals surface area contributed by atoms with Gasteiger partial charge in [0.15, 0.2) is 11.5 Å². The third kappa shape index (κ3) is 7.26. The quantitative estimate of drug-likeness (QED) is 0.162. The molecule has 1 aliphatic rings. The first-order valence-electron chi connectivity index (χ1n) is 16.4. The second-order valence-electron chi connectivity index (χ2n) is 12.1. The zero-order chi connectivity index (χ0) is 33.5. The van der Waals surface area contributed by atoms with E-state index >= 15 is 0 Å². The number of hydrogen-bond acceptors (Lipinski definition) is 9. The first-order valence-corrected chi connectivity index (χ1v) is 16.4. The number of benzene rings is 2. The molecule has 1 amide bonds. The van der Waals surface area contributed by atoms with Crippen molar-refractivity contribution in [3.8, 4) is 17.2 Å². The SMILES string of the molecule is COc1cc(C(=O)N(C)CC(CCN2CCCN(c3nc4ccccc4n3Cc3ccco3)CC2)c2cccnc2)cc(OC)c1OC. The smallest absolute Gasteiger partial charge is 0.253 e. The Balaban J connectivity index is 1.14. The zero-order valence-corrected chi connectivity index (χ0v) is 28.2. The van der Waals surface area contributed by atoms with E-state index in [1.807, 2.05) is 37.5 Å². The number of ether oxygens (including phenoxy) is 3. The van der Waals surface area contributed by atoms with E-state index in [9.17, 15) is 4.79 Å². The van der Waals surface area contributed by atoms with E-state index in [1.54, 1.807) is 50.8 Å². The van der Waals surface area contributed by atoms with Crippen molar-refractivity contribution in [1.82, 2.24) is 24.3 Å².